The highest BCUT2D eigenvalue weighted by atomic mass is 19.1. The van der Waals surface area contributed by atoms with Crippen LogP contribution >= 0.6 is 0 Å². The quantitative estimate of drug-likeness (QED) is 0.454. The van der Waals surface area contributed by atoms with Gasteiger partial charge in [0.15, 0.2) is 0 Å². The summed E-state index contributed by atoms with van der Waals surface area (Å²) < 4.78 is 24.1. The summed E-state index contributed by atoms with van der Waals surface area (Å²) >= 11 is 0. The fraction of sp³-hybridized carbons (Fsp3) is 0.500. The molecule has 5 rings (SSSR count). The molecule has 0 aliphatic carbocycles. The van der Waals surface area contributed by atoms with E-state index in [-0.39, 0.29) is 36.2 Å². The van der Waals surface area contributed by atoms with Crippen LogP contribution in [0, 0.1) is 11.7 Å². The van der Waals surface area contributed by atoms with Crippen LogP contribution in [0.3, 0.4) is 0 Å². The number of benzene rings is 2. The number of fused-ring (bicyclic) bond motifs is 1. The fourth-order valence-corrected chi connectivity index (χ4v) is 6.19. The van der Waals surface area contributed by atoms with Crippen molar-refractivity contribution in [3.05, 3.63) is 58.9 Å². The standard InChI is InChI=1S/C32H39FN4O6/c1-4-43-32(41)37-20-26(29(38)31(40)36-15-13-34(2)14-16-36)24-18-25(28(42-3)19-27(24)37)30(39)35-11-9-22(10-12-35)17-21-5-7-23(33)8-6-21/h5-8,18-19,22,26H,4,9-17,20H2,1-3H3. The Morgan fingerprint density at radius 2 is 1.60 bits per heavy atom. The van der Waals surface area contributed by atoms with Crippen LogP contribution in [0.15, 0.2) is 36.4 Å². The Balaban J connectivity index is 1.37. The lowest BCUT2D eigenvalue weighted by molar-refractivity contribution is -0.146. The lowest BCUT2D eigenvalue weighted by atomic mass is 9.89. The van der Waals surface area contributed by atoms with E-state index in [1.54, 1.807) is 41.0 Å². The molecule has 0 radical (unpaired) electrons. The number of hydrogen-bond acceptors (Lipinski definition) is 7. The van der Waals surface area contributed by atoms with E-state index in [2.05, 4.69) is 4.90 Å². The molecule has 230 valence electrons. The molecule has 2 aromatic carbocycles. The van der Waals surface area contributed by atoms with Crippen LogP contribution in [0.25, 0.3) is 0 Å². The van der Waals surface area contributed by atoms with E-state index in [0.717, 1.165) is 24.8 Å². The van der Waals surface area contributed by atoms with Crippen LogP contribution in [-0.4, -0.2) is 105 Å². The summed E-state index contributed by atoms with van der Waals surface area (Å²) in [4.78, 5) is 60.4. The van der Waals surface area contributed by atoms with Crippen LogP contribution in [0.1, 0.15) is 47.2 Å². The molecule has 0 N–H and O–H groups in total. The number of carbonyl (C=O) groups excluding carboxylic acids is 4. The van der Waals surface area contributed by atoms with Crippen molar-refractivity contribution in [2.24, 2.45) is 5.92 Å². The first-order chi connectivity index (χ1) is 20.7. The Labute approximate surface area is 251 Å². The van der Waals surface area contributed by atoms with Gasteiger partial charge in [0.25, 0.3) is 11.8 Å². The molecule has 0 spiro atoms. The van der Waals surface area contributed by atoms with Gasteiger partial charge in [-0.25, -0.2) is 9.18 Å². The van der Waals surface area contributed by atoms with Crippen molar-refractivity contribution in [2.45, 2.75) is 32.1 Å². The van der Waals surface area contributed by atoms with Gasteiger partial charge in [0.05, 0.1) is 30.9 Å². The third kappa shape index (κ3) is 6.51. The Bertz CT molecular complexity index is 1370. The van der Waals surface area contributed by atoms with E-state index in [9.17, 15) is 23.6 Å². The molecule has 3 aliphatic heterocycles. The highest BCUT2D eigenvalue weighted by Gasteiger charge is 2.42. The summed E-state index contributed by atoms with van der Waals surface area (Å²) in [6.07, 6.45) is 1.79. The minimum absolute atomic E-state index is 0.0535. The number of amides is 3. The van der Waals surface area contributed by atoms with Crippen molar-refractivity contribution in [3.8, 4) is 5.75 Å². The minimum atomic E-state index is -0.925. The summed E-state index contributed by atoms with van der Waals surface area (Å²) in [5.74, 6) is -1.95. The second-order valence-corrected chi connectivity index (χ2v) is 11.5. The fourth-order valence-electron chi connectivity index (χ4n) is 6.19. The molecule has 43 heavy (non-hydrogen) atoms. The van der Waals surface area contributed by atoms with Crippen LogP contribution in [0.4, 0.5) is 14.9 Å². The van der Waals surface area contributed by atoms with E-state index in [1.807, 2.05) is 7.05 Å². The van der Waals surface area contributed by atoms with Gasteiger partial charge in [0.1, 0.15) is 11.6 Å². The SMILES string of the molecule is CCOC(=O)N1CC(C(=O)C(=O)N2CCN(C)CC2)c2cc(C(=O)N3CCC(Cc4ccc(F)cc4)CC3)c(OC)cc21. The number of likely N-dealkylation sites (N-methyl/N-ethyl adjacent to an activating group) is 1. The summed E-state index contributed by atoms with van der Waals surface area (Å²) in [7, 11) is 3.42. The molecule has 10 nitrogen and oxygen atoms in total. The molecular weight excluding hydrogens is 555 g/mol. The number of nitrogens with zero attached hydrogens (tertiary/aromatic N) is 4. The number of carbonyl (C=O) groups is 4. The van der Waals surface area contributed by atoms with Crippen LogP contribution < -0.4 is 9.64 Å². The lowest BCUT2D eigenvalue weighted by Crippen LogP contribution is -2.50. The molecule has 3 heterocycles. The average Bonchev–Trinajstić information content (AvgIpc) is 3.40. The summed E-state index contributed by atoms with van der Waals surface area (Å²) in [5, 5.41) is 0. The smallest absolute Gasteiger partial charge is 0.414 e. The zero-order valence-electron chi connectivity index (χ0n) is 25.0. The van der Waals surface area contributed by atoms with Crippen molar-refractivity contribution in [2.75, 3.05) is 71.5 Å². The van der Waals surface area contributed by atoms with E-state index in [1.165, 1.54) is 24.1 Å². The predicted molar refractivity (Wildman–Crippen MR) is 158 cm³/mol. The number of methoxy groups -OCH3 is 1. The van der Waals surface area contributed by atoms with Gasteiger partial charge in [-0.2, -0.15) is 0 Å². The van der Waals surface area contributed by atoms with Crippen LogP contribution in [0.2, 0.25) is 0 Å². The molecule has 2 saturated heterocycles. The Hall–Kier alpha value is -3.99. The number of piperidine rings is 1. The normalized spacial score (nSPS) is 19.3. The molecule has 2 fully saturated rings. The molecule has 0 saturated carbocycles. The topological polar surface area (TPSA) is 99.7 Å². The van der Waals surface area contributed by atoms with Gasteiger partial charge in [0.2, 0.25) is 5.78 Å². The minimum Gasteiger partial charge on any atom is -0.496 e. The van der Waals surface area contributed by atoms with E-state index < -0.39 is 23.7 Å². The van der Waals surface area contributed by atoms with Gasteiger partial charge in [-0.1, -0.05) is 12.1 Å². The largest absolute Gasteiger partial charge is 0.496 e. The van der Waals surface area contributed by atoms with Crippen molar-refractivity contribution in [3.63, 3.8) is 0 Å². The first-order valence-electron chi connectivity index (χ1n) is 14.9. The molecular formula is C32H39FN4O6. The number of halogens is 1. The van der Waals surface area contributed by atoms with Gasteiger partial charge < -0.3 is 24.2 Å². The number of Topliss-reactive ketones (excluding diaryl/α,β-unsaturated/α-hetero) is 1. The van der Waals surface area contributed by atoms with E-state index >= 15 is 0 Å². The van der Waals surface area contributed by atoms with Crippen molar-refractivity contribution < 1.29 is 33.0 Å². The molecule has 3 amide bonds. The second kappa shape index (κ2) is 13.1. The van der Waals surface area contributed by atoms with Crippen molar-refractivity contribution >= 4 is 29.4 Å². The average molecular weight is 595 g/mol. The Kier molecular flexibility index (Phi) is 9.29. The van der Waals surface area contributed by atoms with Gasteiger partial charge in [-0.3, -0.25) is 19.3 Å². The molecule has 3 aliphatic rings. The monoisotopic (exact) mass is 594 g/mol. The molecule has 1 atom stereocenters. The van der Waals surface area contributed by atoms with Crippen molar-refractivity contribution in [1.82, 2.24) is 14.7 Å². The number of ether oxygens (including phenoxy) is 2. The molecule has 0 bridgehead atoms. The van der Waals surface area contributed by atoms with E-state index in [0.29, 0.717) is 56.4 Å². The van der Waals surface area contributed by atoms with Gasteiger partial charge in [-0.15, -0.1) is 0 Å². The predicted octanol–water partition coefficient (Wildman–Crippen LogP) is 3.33. The number of ketones is 1. The summed E-state index contributed by atoms with van der Waals surface area (Å²) in [5.41, 5.74) is 2.19. The Morgan fingerprint density at radius 3 is 2.23 bits per heavy atom. The molecule has 0 aromatic heterocycles. The molecule has 1 unspecified atom stereocenters. The number of likely N-dealkylation sites (tertiary alicyclic amines) is 1. The number of hydrogen-bond donors (Lipinski definition) is 0. The lowest BCUT2D eigenvalue weighted by Gasteiger charge is -2.33. The first-order valence-corrected chi connectivity index (χ1v) is 14.9. The Morgan fingerprint density at radius 1 is 0.930 bits per heavy atom. The van der Waals surface area contributed by atoms with Crippen LogP contribution in [0.5, 0.6) is 5.75 Å². The third-order valence-electron chi connectivity index (χ3n) is 8.76. The summed E-state index contributed by atoms with van der Waals surface area (Å²) in [6, 6.07) is 9.73. The zero-order valence-corrected chi connectivity index (χ0v) is 25.0. The molecule has 11 heteroatoms. The number of anilines is 1. The highest BCUT2D eigenvalue weighted by Crippen LogP contribution is 2.42. The first kappa shape index (κ1) is 30.5. The van der Waals surface area contributed by atoms with Crippen molar-refractivity contribution in [1.29, 1.82) is 0 Å². The number of piperazine rings is 1. The maximum atomic E-state index is 13.8. The number of rotatable bonds is 7. The maximum absolute atomic E-state index is 13.8. The zero-order chi connectivity index (χ0) is 30.7. The maximum Gasteiger partial charge on any atom is 0.414 e. The van der Waals surface area contributed by atoms with Gasteiger partial charge >= 0.3 is 6.09 Å². The van der Waals surface area contributed by atoms with E-state index in [4.69, 9.17) is 9.47 Å². The summed E-state index contributed by atoms with van der Waals surface area (Å²) in [6.45, 7) is 5.12. The van der Waals surface area contributed by atoms with Crippen LogP contribution in [-0.2, 0) is 20.7 Å². The highest BCUT2D eigenvalue weighted by molar-refractivity contribution is 6.39. The third-order valence-corrected chi connectivity index (χ3v) is 8.76. The second-order valence-electron chi connectivity index (χ2n) is 11.5. The molecule has 2 aromatic rings. The van der Waals surface area contributed by atoms with Gasteiger partial charge in [-0.05, 0) is 68.5 Å². The van der Waals surface area contributed by atoms with Gasteiger partial charge in [0, 0.05) is 51.9 Å².